The van der Waals surface area contributed by atoms with Crippen molar-refractivity contribution in [1.29, 1.82) is 0 Å². The zero-order valence-corrected chi connectivity index (χ0v) is 18.3. The summed E-state index contributed by atoms with van der Waals surface area (Å²) in [6.45, 7) is 4.48. The number of hydrogen-bond donors (Lipinski definition) is 1. The number of methoxy groups -OCH3 is 1. The molecular formula is C22H29N3O4S. The molecule has 0 saturated carbocycles. The Bertz CT molecular complexity index is 953. The molecule has 8 heteroatoms. The monoisotopic (exact) mass is 431 g/mol. The SMILES string of the molecule is COc1ccc(N2CCN(S(=O)(=O)CCCNC(=O)c3cccc(C)c3)CC2)cc1. The highest BCUT2D eigenvalue weighted by Gasteiger charge is 2.26. The van der Waals surface area contributed by atoms with Gasteiger partial charge in [0, 0.05) is 44.0 Å². The molecule has 0 bridgehead atoms. The second kappa shape index (κ2) is 9.95. The molecule has 0 unspecified atom stereocenters. The summed E-state index contributed by atoms with van der Waals surface area (Å²) < 4.78 is 32.0. The van der Waals surface area contributed by atoms with Crippen molar-refractivity contribution in [1.82, 2.24) is 9.62 Å². The Morgan fingerprint density at radius 2 is 1.77 bits per heavy atom. The molecule has 0 radical (unpaired) electrons. The minimum absolute atomic E-state index is 0.0314. The molecule has 0 aromatic heterocycles. The van der Waals surface area contributed by atoms with Gasteiger partial charge in [0.15, 0.2) is 0 Å². The van der Waals surface area contributed by atoms with Gasteiger partial charge in [-0.1, -0.05) is 17.7 Å². The fourth-order valence-electron chi connectivity index (χ4n) is 3.49. The number of nitrogens with one attached hydrogen (secondary N) is 1. The van der Waals surface area contributed by atoms with Crippen LogP contribution in [0.1, 0.15) is 22.3 Å². The van der Waals surface area contributed by atoms with Crippen molar-refractivity contribution in [3.8, 4) is 5.75 Å². The number of benzene rings is 2. The summed E-state index contributed by atoms with van der Waals surface area (Å²) in [7, 11) is -1.70. The molecule has 3 rings (SSSR count). The second-order valence-corrected chi connectivity index (χ2v) is 9.47. The topological polar surface area (TPSA) is 79.0 Å². The van der Waals surface area contributed by atoms with Crippen LogP contribution in [0.3, 0.4) is 0 Å². The third-order valence-corrected chi connectivity index (χ3v) is 7.17. The lowest BCUT2D eigenvalue weighted by atomic mass is 10.1. The largest absolute Gasteiger partial charge is 0.497 e. The fourth-order valence-corrected chi connectivity index (χ4v) is 4.98. The van der Waals surface area contributed by atoms with Gasteiger partial charge in [-0.2, -0.15) is 4.31 Å². The standard InChI is InChI=1S/C22H29N3O4S/c1-18-5-3-6-19(17-18)22(26)23-11-4-16-30(27,28)25-14-12-24(13-15-25)20-7-9-21(29-2)10-8-20/h3,5-10,17H,4,11-16H2,1-2H3,(H,23,26). The van der Waals surface area contributed by atoms with Crippen molar-refractivity contribution >= 4 is 21.6 Å². The van der Waals surface area contributed by atoms with Gasteiger partial charge >= 0.3 is 0 Å². The highest BCUT2D eigenvalue weighted by Crippen LogP contribution is 2.21. The van der Waals surface area contributed by atoms with Crippen molar-refractivity contribution < 1.29 is 17.9 Å². The van der Waals surface area contributed by atoms with E-state index in [2.05, 4.69) is 10.2 Å². The molecule has 1 aliphatic heterocycles. The Kier molecular flexibility index (Phi) is 7.33. The first-order valence-electron chi connectivity index (χ1n) is 10.1. The molecule has 30 heavy (non-hydrogen) atoms. The molecule has 2 aromatic rings. The van der Waals surface area contributed by atoms with Crippen molar-refractivity contribution in [3.63, 3.8) is 0 Å². The van der Waals surface area contributed by atoms with E-state index in [1.807, 2.05) is 49.4 Å². The summed E-state index contributed by atoms with van der Waals surface area (Å²) >= 11 is 0. The number of piperazine rings is 1. The fraction of sp³-hybridized carbons (Fsp3) is 0.409. The summed E-state index contributed by atoms with van der Waals surface area (Å²) in [6.07, 6.45) is 0.387. The second-order valence-electron chi connectivity index (χ2n) is 7.38. The number of aryl methyl sites for hydroxylation is 1. The van der Waals surface area contributed by atoms with E-state index >= 15 is 0 Å². The number of sulfonamides is 1. The van der Waals surface area contributed by atoms with Gasteiger partial charge in [0.2, 0.25) is 10.0 Å². The molecule has 0 atom stereocenters. The lowest BCUT2D eigenvalue weighted by Crippen LogP contribution is -2.49. The first kappa shape index (κ1) is 22.1. The minimum atomic E-state index is -3.33. The smallest absolute Gasteiger partial charge is 0.251 e. The summed E-state index contributed by atoms with van der Waals surface area (Å²) in [6, 6.07) is 15.1. The quantitative estimate of drug-likeness (QED) is 0.649. The Morgan fingerprint density at radius 1 is 1.07 bits per heavy atom. The van der Waals surface area contributed by atoms with Gasteiger partial charge in [-0.3, -0.25) is 4.79 Å². The number of amides is 1. The van der Waals surface area contributed by atoms with E-state index < -0.39 is 10.0 Å². The van der Waals surface area contributed by atoms with E-state index in [9.17, 15) is 13.2 Å². The zero-order chi connectivity index (χ0) is 21.6. The summed E-state index contributed by atoms with van der Waals surface area (Å²) in [5.74, 6) is 0.655. The predicted octanol–water partition coefficient (Wildman–Crippen LogP) is 2.28. The van der Waals surface area contributed by atoms with E-state index in [4.69, 9.17) is 4.74 Å². The minimum Gasteiger partial charge on any atom is -0.497 e. The maximum Gasteiger partial charge on any atom is 0.251 e. The third kappa shape index (κ3) is 5.73. The number of ether oxygens (including phenoxy) is 1. The van der Waals surface area contributed by atoms with Crippen LogP contribution in [0.4, 0.5) is 5.69 Å². The van der Waals surface area contributed by atoms with Gasteiger partial charge in [-0.05, 0) is 49.7 Å². The van der Waals surface area contributed by atoms with Crippen molar-refractivity contribution in [2.45, 2.75) is 13.3 Å². The van der Waals surface area contributed by atoms with Gasteiger partial charge in [-0.25, -0.2) is 8.42 Å². The van der Waals surface area contributed by atoms with E-state index in [-0.39, 0.29) is 11.7 Å². The highest BCUT2D eigenvalue weighted by atomic mass is 32.2. The van der Waals surface area contributed by atoms with Crippen LogP contribution in [0, 0.1) is 6.92 Å². The van der Waals surface area contributed by atoms with Gasteiger partial charge < -0.3 is 15.0 Å². The average molecular weight is 432 g/mol. The molecule has 0 aliphatic carbocycles. The van der Waals surface area contributed by atoms with Crippen LogP contribution in [0.2, 0.25) is 0 Å². The van der Waals surface area contributed by atoms with Gasteiger partial charge in [0.25, 0.3) is 5.91 Å². The molecular weight excluding hydrogens is 402 g/mol. The number of carbonyl (C=O) groups is 1. The third-order valence-electron chi connectivity index (χ3n) is 5.21. The van der Waals surface area contributed by atoms with Crippen LogP contribution < -0.4 is 15.0 Å². The zero-order valence-electron chi connectivity index (χ0n) is 17.5. The maximum absolute atomic E-state index is 12.6. The predicted molar refractivity (Wildman–Crippen MR) is 119 cm³/mol. The van der Waals surface area contributed by atoms with Crippen LogP contribution >= 0.6 is 0 Å². The van der Waals surface area contributed by atoms with E-state index in [1.165, 1.54) is 0 Å². The van der Waals surface area contributed by atoms with Crippen LogP contribution in [0.25, 0.3) is 0 Å². The Labute approximate surface area is 178 Å². The van der Waals surface area contributed by atoms with Gasteiger partial charge in [-0.15, -0.1) is 0 Å². The molecule has 0 spiro atoms. The van der Waals surface area contributed by atoms with Crippen molar-refractivity contribution in [3.05, 3.63) is 59.7 Å². The molecule has 1 aliphatic rings. The van der Waals surface area contributed by atoms with E-state index in [1.54, 1.807) is 17.5 Å². The van der Waals surface area contributed by atoms with E-state index in [0.717, 1.165) is 17.0 Å². The summed E-state index contributed by atoms with van der Waals surface area (Å²) in [4.78, 5) is 14.3. The molecule has 1 saturated heterocycles. The highest BCUT2D eigenvalue weighted by molar-refractivity contribution is 7.89. The number of nitrogens with zero attached hydrogens (tertiary/aromatic N) is 2. The molecule has 2 aromatic carbocycles. The number of carbonyl (C=O) groups excluding carboxylic acids is 1. The van der Waals surface area contributed by atoms with Gasteiger partial charge in [0.05, 0.1) is 12.9 Å². The van der Waals surface area contributed by atoms with Gasteiger partial charge in [0.1, 0.15) is 5.75 Å². The lowest BCUT2D eigenvalue weighted by Gasteiger charge is -2.35. The van der Waals surface area contributed by atoms with Crippen molar-refractivity contribution in [2.24, 2.45) is 0 Å². The summed E-state index contributed by atoms with van der Waals surface area (Å²) in [5, 5.41) is 2.80. The molecule has 1 N–H and O–H groups in total. The Hall–Kier alpha value is -2.58. The lowest BCUT2D eigenvalue weighted by molar-refractivity contribution is 0.0953. The van der Waals surface area contributed by atoms with E-state index in [0.29, 0.717) is 44.7 Å². The Balaban J connectivity index is 1.43. The molecule has 1 amide bonds. The molecule has 7 nitrogen and oxygen atoms in total. The number of hydrogen-bond acceptors (Lipinski definition) is 5. The van der Waals surface area contributed by atoms with Crippen LogP contribution in [0.15, 0.2) is 48.5 Å². The maximum atomic E-state index is 12.6. The average Bonchev–Trinajstić information content (AvgIpc) is 2.77. The first-order chi connectivity index (χ1) is 14.4. The first-order valence-corrected chi connectivity index (χ1v) is 11.7. The van der Waals surface area contributed by atoms with Crippen LogP contribution in [-0.2, 0) is 10.0 Å². The van der Waals surface area contributed by atoms with Crippen molar-refractivity contribution in [2.75, 3.05) is 50.5 Å². The normalized spacial score (nSPS) is 15.1. The summed E-state index contributed by atoms with van der Waals surface area (Å²) in [5.41, 5.74) is 2.67. The number of rotatable bonds is 8. The van der Waals surface area contributed by atoms with Crippen LogP contribution in [-0.4, -0.2) is 64.2 Å². The Morgan fingerprint density at radius 3 is 2.40 bits per heavy atom. The molecule has 162 valence electrons. The molecule has 1 heterocycles. The number of anilines is 1. The molecule has 1 fully saturated rings. The van der Waals surface area contributed by atoms with Crippen LogP contribution in [0.5, 0.6) is 5.75 Å².